The molecule has 1 aromatic rings. The third kappa shape index (κ3) is 1.63. The van der Waals surface area contributed by atoms with Crippen molar-refractivity contribution in [3.63, 3.8) is 0 Å². The Bertz CT molecular complexity index is 269. The van der Waals surface area contributed by atoms with Crippen LogP contribution in [0.3, 0.4) is 0 Å². The molecule has 1 aromatic heterocycles. The van der Waals surface area contributed by atoms with Gasteiger partial charge < -0.3 is 9.88 Å². The van der Waals surface area contributed by atoms with E-state index in [0.29, 0.717) is 6.04 Å². The van der Waals surface area contributed by atoms with Gasteiger partial charge in [-0.2, -0.15) is 0 Å². The molecule has 0 radical (unpaired) electrons. The van der Waals surface area contributed by atoms with E-state index in [1.165, 1.54) is 18.7 Å². The fourth-order valence-electron chi connectivity index (χ4n) is 2.13. The summed E-state index contributed by atoms with van der Waals surface area (Å²) in [4.78, 5) is 0. The van der Waals surface area contributed by atoms with Crippen molar-refractivity contribution in [1.29, 1.82) is 0 Å². The van der Waals surface area contributed by atoms with Gasteiger partial charge in [0.1, 0.15) is 0 Å². The Morgan fingerprint density at radius 2 is 2.38 bits per heavy atom. The molecule has 1 N–H and O–H groups in total. The highest BCUT2D eigenvalue weighted by Gasteiger charge is 2.19. The molecule has 1 aliphatic heterocycles. The lowest BCUT2D eigenvalue weighted by Gasteiger charge is -2.16. The molecule has 1 atom stereocenters. The zero-order valence-corrected chi connectivity index (χ0v) is 8.46. The summed E-state index contributed by atoms with van der Waals surface area (Å²) in [7, 11) is 0. The average Bonchev–Trinajstić information content (AvgIpc) is 2.74. The number of rotatable bonds is 2. The molecule has 0 saturated carbocycles. The van der Waals surface area contributed by atoms with Crippen LogP contribution in [-0.2, 0) is 0 Å². The highest BCUT2D eigenvalue weighted by molar-refractivity contribution is 5.15. The van der Waals surface area contributed by atoms with Crippen molar-refractivity contribution in [2.45, 2.75) is 32.2 Å². The Morgan fingerprint density at radius 3 is 3.00 bits per heavy atom. The predicted octanol–water partition coefficient (Wildman–Crippen LogP) is 2.15. The molecule has 1 saturated heterocycles. The molecule has 2 rings (SSSR count). The van der Waals surface area contributed by atoms with E-state index in [1.807, 2.05) is 0 Å². The number of aromatic nitrogens is 1. The summed E-state index contributed by atoms with van der Waals surface area (Å²) in [6, 6.07) is 5.01. The van der Waals surface area contributed by atoms with Crippen molar-refractivity contribution >= 4 is 0 Å². The van der Waals surface area contributed by atoms with Crippen molar-refractivity contribution in [1.82, 2.24) is 9.88 Å². The van der Waals surface area contributed by atoms with Gasteiger partial charge in [0.15, 0.2) is 0 Å². The molecule has 13 heavy (non-hydrogen) atoms. The first kappa shape index (κ1) is 8.82. The Balaban J connectivity index is 2.23. The lowest BCUT2D eigenvalue weighted by molar-refractivity contribution is 0.549. The van der Waals surface area contributed by atoms with E-state index in [4.69, 9.17) is 0 Å². The Kier molecular flexibility index (Phi) is 2.40. The number of nitrogens with zero attached hydrogens (tertiary/aromatic N) is 1. The molecule has 0 amide bonds. The van der Waals surface area contributed by atoms with Crippen LogP contribution in [0.1, 0.15) is 37.9 Å². The molecule has 0 aromatic carbocycles. The van der Waals surface area contributed by atoms with Gasteiger partial charge in [-0.3, -0.25) is 0 Å². The Morgan fingerprint density at radius 1 is 1.54 bits per heavy atom. The lowest BCUT2D eigenvalue weighted by Crippen LogP contribution is -2.12. The van der Waals surface area contributed by atoms with Crippen LogP contribution in [0.2, 0.25) is 0 Å². The van der Waals surface area contributed by atoms with E-state index in [2.05, 4.69) is 42.1 Å². The van der Waals surface area contributed by atoms with Crippen LogP contribution in [0.25, 0.3) is 0 Å². The van der Waals surface area contributed by atoms with Crippen molar-refractivity contribution in [3.05, 3.63) is 24.0 Å². The summed E-state index contributed by atoms with van der Waals surface area (Å²) in [6.45, 7) is 6.81. The average molecular weight is 178 g/mol. The topological polar surface area (TPSA) is 17.0 Å². The van der Waals surface area contributed by atoms with Gasteiger partial charge in [-0.25, -0.2) is 0 Å². The number of hydrogen-bond donors (Lipinski definition) is 1. The van der Waals surface area contributed by atoms with Crippen LogP contribution in [-0.4, -0.2) is 17.7 Å². The monoisotopic (exact) mass is 178 g/mol. The molecule has 0 aliphatic carbocycles. The smallest absolute Gasteiger partial charge is 0.0276 e. The highest BCUT2D eigenvalue weighted by atomic mass is 15.0. The molecular formula is C11H18N2. The van der Waals surface area contributed by atoms with Gasteiger partial charge in [-0.05, 0) is 38.9 Å². The van der Waals surface area contributed by atoms with Gasteiger partial charge in [-0.1, -0.05) is 0 Å². The quantitative estimate of drug-likeness (QED) is 0.734. The summed E-state index contributed by atoms with van der Waals surface area (Å²) in [6.07, 6.45) is 3.48. The maximum atomic E-state index is 3.41. The van der Waals surface area contributed by atoms with Gasteiger partial charge >= 0.3 is 0 Å². The first-order valence-corrected chi connectivity index (χ1v) is 5.16. The summed E-state index contributed by atoms with van der Waals surface area (Å²) < 4.78 is 2.39. The van der Waals surface area contributed by atoms with Gasteiger partial charge in [-0.15, -0.1) is 0 Å². The maximum Gasteiger partial charge on any atom is 0.0276 e. The Labute approximate surface area is 79.9 Å². The van der Waals surface area contributed by atoms with Crippen molar-refractivity contribution < 1.29 is 0 Å². The minimum absolute atomic E-state index is 0.589. The molecule has 1 aliphatic rings. The third-order valence-corrected chi connectivity index (χ3v) is 2.85. The van der Waals surface area contributed by atoms with Gasteiger partial charge in [0, 0.05) is 30.4 Å². The molecule has 0 bridgehead atoms. The minimum atomic E-state index is 0.589. The second kappa shape index (κ2) is 3.54. The van der Waals surface area contributed by atoms with Crippen LogP contribution < -0.4 is 5.32 Å². The van der Waals surface area contributed by atoms with E-state index in [9.17, 15) is 0 Å². The van der Waals surface area contributed by atoms with Crippen LogP contribution in [0.4, 0.5) is 0 Å². The van der Waals surface area contributed by atoms with Gasteiger partial charge in [0.25, 0.3) is 0 Å². The van der Waals surface area contributed by atoms with E-state index >= 15 is 0 Å². The molecule has 2 heterocycles. The summed E-state index contributed by atoms with van der Waals surface area (Å²) in [5.74, 6) is 0.734. The summed E-state index contributed by atoms with van der Waals surface area (Å²) >= 11 is 0. The molecular weight excluding hydrogens is 160 g/mol. The fourth-order valence-corrected chi connectivity index (χ4v) is 2.13. The van der Waals surface area contributed by atoms with E-state index < -0.39 is 0 Å². The normalized spacial score (nSPS) is 22.8. The molecule has 1 unspecified atom stereocenters. The van der Waals surface area contributed by atoms with E-state index in [1.54, 1.807) is 0 Å². The standard InChI is InChI=1S/C11H18N2/c1-9(2)13-7-3-4-11(13)10-5-6-12-8-10/h3-4,7,9-10,12H,5-6,8H2,1-2H3. The minimum Gasteiger partial charge on any atom is -0.349 e. The van der Waals surface area contributed by atoms with Crippen LogP contribution in [0.5, 0.6) is 0 Å². The van der Waals surface area contributed by atoms with E-state index in [0.717, 1.165) is 12.5 Å². The van der Waals surface area contributed by atoms with Crippen LogP contribution in [0.15, 0.2) is 18.3 Å². The zero-order valence-electron chi connectivity index (χ0n) is 8.46. The van der Waals surface area contributed by atoms with Crippen molar-refractivity contribution in [2.24, 2.45) is 0 Å². The maximum absolute atomic E-state index is 3.41. The number of hydrogen-bond acceptors (Lipinski definition) is 1. The lowest BCUT2D eigenvalue weighted by atomic mass is 10.0. The van der Waals surface area contributed by atoms with Crippen molar-refractivity contribution in [3.8, 4) is 0 Å². The molecule has 0 spiro atoms. The molecule has 72 valence electrons. The van der Waals surface area contributed by atoms with Gasteiger partial charge in [0.05, 0.1) is 0 Å². The second-order valence-corrected chi connectivity index (χ2v) is 4.12. The molecule has 2 heteroatoms. The second-order valence-electron chi connectivity index (χ2n) is 4.12. The van der Waals surface area contributed by atoms with Crippen molar-refractivity contribution in [2.75, 3.05) is 13.1 Å². The first-order valence-electron chi connectivity index (χ1n) is 5.16. The van der Waals surface area contributed by atoms with Gasteiger partial charge in [0.2, 0.25) is 0 Å². The molecule has 2 nitrogen and oxygen atoms in total. The SMILES string of the molecule is CC(C)n1cccc1C1CCNC1. The zero-order chi connectivity index (χ0) is 9.26. The van der Waals surface area contributed by atoms with Crippen LogP contribution >= 0.6 is 0 Å². The van der Waals surface area contributed by atoms with E-state index in [-0.39, 0.29) is 0 Å². The summed E-state index contributed by atoms with van der Waals surface area (Å²) in [5, 5.41) is 3.41. The predicted molar refractivity (Wildman–Crippen MR) is 55.0 cm³/mol. The fraction of sp³-hybridized carbons (Fsp3) is 0.636. The first-order chi connectivity index (χ1) is 6.29. The molecule has 1 fully saturated rings. The largest absolute Gasteiger partial charge is 0.349 e. The third-order valence-electron chi connectivity index (χ3n) is 2.85. The summed E-state index contributed by atoms with van der Waals surface area (Å²) in [5.41, 5.74) is 1.50. The number of nitrogens with one attached hydrogen (secondary N) is 1. The highest BCUT2D eigenvalue weighted by Crippen LogP contribution is 2.24. The van der Waals surface area contributed by atoms with Crippen LogP contribution in [0, 0.1) is 0 Å². The Hall–Kier alpha value is -0.760.